The highest BCUT2D eigenvalue weighted by molar-refractivity contribution is 5.79. The van der Waals surface area contributed by atoms with E-state index < -0.39 is 17.5 Å². The van der Waals surface area contributed by atoms with Crippen LogP contribution in [0, 0.1) is 5.41 Å². The van der Waals surface area contributed by atoms with Crippen molar-refractivity contribution in [1.82, 2.24) is 4.90 Å². The number of carbonyl (C=O) groups is 2. The first kappa shape index (κ1) is 11.8. The largest absolute Gasteiger partial charge is 0.468 e. The van der Waals surface area contributed by atoms with E-state index in [-0.39, 0.29) is 13.2 Å². The molecule has 1 fully saturated rings. The first-order valence-corrected chi connectivity index (χ1v) is 4.61. The van der Waals surface area contributed by atoms with Gasteiger partial charge in [0.15, 0.2) is 0 Å². The van der Waals surface area contributed by atoms with Gasteiger partial charge in [-0.3, -0.25) is 4.79 Å². The summed E-state index contributed by atoms with van der Waals surface area (Å²) < 4.78 is 9.64. The average Bonchev–Trinajstić information content (AvgIpc) is 2.63. The van der Waals surface area contributed by atoms with Crippen LogP contribution in [0.25, 0.3) is 0 Å². The van der Waals surface area contributed by atoms with Crippen molar-refractivity contribution in [2.75, 3.05) is 33.9 Å². The molecule has 6 nitrogen and oxygen atoms in total. The van der Waals surface area contributed by atoms with Gasteiger partial charge in [0.2, 0.25) is 0 Å². The Morgan fingerprint density at radius 3 is 2.53 bits per heavy atom. The van der Waals surface area contributed by atoms with Crippen LogP contribution in [0.1, 0.15) is 6.42 Å². The molecule has 1 rings (SSSR count). The van der Waals surface area contributed by atoms with Gasteiger partial charge < -0.3 is 19.5 Å². The number of carbonyl (C=O) groups excluding carboxylic acids is 1. The number of esters is 1. The molecule has 1 aliphatic rings. The second-order valence-electron chi connectivity index (χ2n) is 3.66. The van der Waals surface area contributed by atoms with Crippen LogP contribution in [0.15, 0.2) is 0 Å². The number of hydrogen-bond acceptors (Lipinski definition) is 4. The fraction of sp³-hybridized carbons (Fsp3) is 0.778. The molecule has 6 heteroatoms. The smallest absolute Gasteiger partial charge is 0.407 e. The summed E-state index contributed by atoms with van der Waals surface area (Å²) in [7, 11) is 2.78. The molecule has 0 saturated carbocycles. The van der Waals surface area contributed by atoms with Crippen LogP contribution < -0.4 is 0 Å². The summed E-state index contributed by atoms with van der Waals surface area (Å²) in [5, 5.41) is 8.80. The summed E-state index contributed by atoms with van der Waals surface area (Å²) >= 11 is 0. The van der Waals surface area contributed by atoms with Crippen LogP contribution in [-0.4, -0.2) is 56.0 Å². The Labute approximate surface area is 87.8 Å². The zero-order valence-electron chi connectivity index (χ0n) is 8.86. The number of methoxy groups -OCH3 is 2. The van der Waals surface area contributed by atoms with Crippen molar-refractivity contribution in [2.24, 2.45) is 5.41 Å². The summed E-state index contributed by atoms with van der Waals surface area (Å²) in [6, 6.07) is 0. The zero-order chi connectivity index (χ0) is 11.5. The van der Waals surface area contributed by atoms with Gasteiger partial charge in [0, 0.05) is 20.2 Å². The molecule has 0 aromatic heterocycles. The molecule has 0 aromatic rings. The number of ether oxygens (including phenoxy) is 2. The summed E-state index contributed by atoms with van der Waals surface area (Å²) in [5.41, 5.74) is -0.831. The van der Waals surface area contributed by atoms with Crippen LogP contribution in [0.3, 0.4) is 0 Å². The SMILES string of the molecule is COCC1(C(=O)OC)CCN(C(=O)O)C1. The minimum absolute atomic E-state index is 0.142. The molecule has 1 saturated heterocycles. The van der Waals surface area contributed by atoms with Crippen molar-refractivity contribution >= 4 is 12.1 Å². The fourth-order valence-corrected chi connectivity index (χ4v) is 1.87. The molecule has 0 spiro atoms. The molecule has 1 N–H and O–H groups in total. The Morgan fingerprint density at radius 1 is 1.47 bits per heavy atom. The zero-order valence-corrected chi connectivity index (χ0v) is 8.86. The second-order valence-corrected chi connectivity index (χ2v) is 3.66. The third-order valence-corrected chi connectivity index (χ3v) is 2.66. The predicted molar refractivity (Wildman–Crippen MR) is 50.5 cm³/mol. The molecule has 1 amide bonds. The maximum atomic E-state index is 11.6. The highest BCUT2D eigenvalue weighted by Gasteiger charge is 2.47. The maximum absolute atomic E-state index is 11.6. The van der Waals surface area contributed by atoms with Crippen molar-refractivity contribution in [2.45, 2.75) is 6.42 Å². The van der Waals surface area contributed by atoms with Crippen molar-refractivity contribution in [1.29, 1.82) is 0 Å². The lowest BCUT2D eigenvalue weighted by atomic mass is 9.88. The minimum atomic E-state index is -1.02. The van der Waals surface area contributed by atoms with Gasteiger partial charge in [-0.25, -0.2) is 4.79 Å². The van der Waals surface area contributed by atoms with Gasteiger partial charge >= 0.3 is 12.1 Å². The Bertz CT molecular complexity index is 267. The fourth-order valence-electron chi connectivity index (χ4n) is 1.87. The topological polar surface area (TPSA) is 76.1 Å². The van der Waals surface area contributed by atoms with Crippen molar-refractivity contribution < 1.29 is 24.2 Å². The third-order valence-electron chi connectivity index (χ3n) is 2.66. The van der Waals surface area contributed by atoms with Gasteiger partial charge in [-0.05, 0) is 6.42 Å². The van der Waals surface area contributed by atoms with E-state index in [4.69, 9.17) is 9.84 Å². The molecule has 1 atom stereocenters. The van der Waals surface area contributed by atoms with Crippen molar-refractivity contribution in [3.63, 3.8) is 0 Å². The van der Waals surface area contributed by atoms with Gasteiger partial charge in [0.1, 0.15) is 5.41 Å². The first-order valence-electron chi connectivity index (χ1n) is 4.61. The summed E-state index contributed by atoms with van der Waals surface area (Å²) in [4.78, 5) is 23.5. The molecule has 1 heterocycles. The molecular weight excluding hydrogens is 202 g/mol. The van der Waals surface area contributed by atoms with E-state index in [0.717, 1.165) is 0 Å². The van der Waals surface area contributed by atoms with Gasteiger partial charge in [0.05, 0.1) is 13.7 Å². The number of carboxylic acid groups (broad SMARTS) is 1. The van der Waals surface area contributed by atoms with Gasteiger partial charge in [-0.2, -0.15) is 0 Å². The van der Waals surface area contributed by atoms with Gasteiger partial charge in [0.25, 0.3) is 0 Å². The average molecular weight is 217 g/mol. The molecular formula is C9H15NO5. The third kappa shape index (κ3) is 2.20. The van der Waals surface area contributed by atoms with Crippen LogP contribution in [0.4, 0.5) is 4.79 Å². The summed E-state index contributed by atoms with van der Waals surface area (Å²) in [6.45, 7) is 0.667. The summed E-state index contributed by atoms with van der Waals surface area (Å²) in [6.07, 6.45) is -0.573. The van der Waals surface area contributed by atoms with Crippen LogP contribution >= 0.6 is 0 Å². The van der Waals surface area contributed by atoms with Crippen LogP contribution in [0.2, 0.25) is 0 Å². The number of likely N-dealkylation sites (tertiary alicyclic amines) is 1. The molecule has 15 heavy (non-hydrogen) atoms. The van der Waals surface area contributed by atoms with Crippen molar-refractivity contribution in [3.8, 4) is 0 Å². The number of nitrogens with zero attached hydrogens (tertiary/aromatic N) is 1. The lowest BCUT2D eigenvalue weighted by molar-refractivity contribution is -0.155. The summed E-state index contributed by atoms with van der Waals surface area (Å²) in [5.74, 6) is -0.409. The van der Waals surface area contributed by atoms with Crippen molar-refractivity contribution in [3.05, 3.63) is 0 Å². The minimum Gasteiger partial charge on any atom is -0.468 e. The lowest BCUT2D eigenvalue weighted by Crippen LogP contribution is -2.40. The van der Waals surface area contributed by atoms with Gasteiger partial charge in [-0.15, -0.1) is 0 Å². The molecule has 1 aliphatic heterocycles. The van der Waals surface area contributed by atoms with E-state index >= 15 is 0 Å². The van der Waals surface area contributed by atoms with E-state index in [9.17, 15) is 9.59 Å². The first-order chi connectivity index (χ1) is 7.05. The Hall–Kier alpha value is -1.30. The molecule has 0 bridgehead atoms. The lowest BCUT2D eigenvalue weighted by Gasteiger charge is -2.24. The standard InChI is InChI=1S/C9H15NO5/c1-14-6-9(7(11)15-2)3-4-10(5-9)8(12)13/h3-6H2,1-2H3,(H,12,13). The van der Waals surface area contributed by atoms with E-state index in [0.29, 0.717) is 13.0 Å². The van der Waals surface area contributed by atoms with Gasteiger partial charge in [-0.1, -0.05) is 0 Å². The highest BCUT2D eigenvalue weighted by atomic mass is 16.5. The molecule has 0 aliphatic carbocycles. The Morgan fingerprint density at radius 2 is 2.13 bits per heavy atom. The van der Waals surface area contributed by atoms with Crippen LogP contribution in [-0.2, 0) is 14.3 Å². The Balaban J connectivity index is 2.77. The predicted octanol–water partition coefficient (Wildman–Crippen LogP) is 0.176. The number of amides is 1. The number of rotatable bonds is 3. The van der Waals surface area contributed by atoms with E-state index in [2.05, 4.69) is 4.74 Å². The molecule has 1 unspecified atom stereocenters. The molecule has 0 aromatic carbocycles. The van der Waals surface area contributed by atoms with E-state index in [1.54, 1.807) is 0 Å². The highest BCUT2D eigenvalue weighted by Crippen LogP contribution is 2.32. The monoisotopic (exact) mass is 217 g/mol. The quantitative estimate of drug-likeness (QED) is 0.682. The van der Waals surface area contributed by atoms with E-state index in [1.165, 1.54) is 19.1 Å². The molecule has 86 valence electrons. The second kappa shape index (κ2) is 4.48. The van der Waals surface area contributed by atoms with E-state index in [1.807, 2.05) is 0 Å². The normalized spacial score (nSPS) is 25.3. The number of hydrogen-bond donors (Lipinski definition) is 1. The van der Waals surface area contributed by atoms with Crippen LogP contribution in [0.5, 0.6) is 0 Å². The maximum Gasteiger partial charge on any atom is 0.407 e. The molecule has 0 radical (unpaired) electrons. The Kier molecular flexibility index (Phi) is 3.52.